The minimum Gasteiger partial charge on any atom is -0.298 e. The molecule has 1 aliphatic carbocycles. The molecule has 0 unspecified atom stereocenters. The van der Waals surface area contributed by atoms with Gasteiger partial charge in [-0.2, -0.15) is 5.10 Å². The Morgan fingerprint density at radius 3 is 2.65 bits per heavy atom. The molecular weight excluding hydrogens is 279 g/mol. The second kappa shape index (κ2) is 5.37. The van der Waals surface area contributed by atoms with Crippen LogP contribution in [0.5, 0.6) is 0 Å². The highest BCUT2D eigenvalue weighted by Crippen LogP contribution is 2.37. The molecule has 2 aromatic rings. The van der Waals surface area contributed by atoms with Crippen LogP contribution in [0.4, 0.5) is 4.39 Å². The Labute approximate surface area is 121 Å². The Morgan fingerprint density at radius 1 is 1.30 bits per heavy atom. The van der Waals surface area contributed by atoms with Gasteiger partial charge in [-0.1, -0.05) is 36.6 Å². The molecule has 1 aromatic carbocycles. The van der Waals surface area contributed by atoms with Gasteiger partial charge >= 0.3 is 0 Å². The molecule has 1 fully saturated rings. The molecular formula is C15H14ClFN2O. The molecule has 1 saturated carbocycles. The van der Waals surface area contributed by atoms with Crippen LogP contribution < -0.4 is 0 Å². The fourth-order valence-corrected chi connectivity index (χ4v) is 3.09. The van der Waals surface area contributed by atoms with Gasteiger partial charge in [-0.05, 0) is 25.0 Å². The number of halogens is 2. The summed E-state index contributed by atoms with van der Waals surface area (Å²) in [6.07, 6.45) is 5.00. The van der Waals surface area contributed by atoms with Crippen LogP contribution in [-0.2, 0) is 0 Å². The fourth-order valence-electron chi connectivity index (χ4n) is 2.82. The number of benzene rings is 1. The predicted octanol–water partition coefficient (Wildman–Crippen LogP) is 4.13. The number of nitrogens with zero attached hydrogens (tertiary/aromatic N) is 2. The highest BCUT2D eigenvalue weighted by molar-refractivity contribution is 6.32. The van der Waals surface area contributed by atoms with Gasteiger partial charge in [0.25, 0.3) is 0 Å². The van der Waals surface area contributed by atoms with Gasteiger partial charge in [-0.25, -0.2) is 9.07 Å². The number of para-hydroxylation sites is 1. The van der Waals surface area contributed by atoms with Crippen molar-refractivity contribution in [2.75, 3.05) is 0 Å². The number of aromatic nitrogens is 2. The summed E-state index contributed by atoms with van der Waals surface area (Å²) in [4.78, 5) is 11.3. The Bertz CT molecular complexity index is 647. The van der Waals surface area contributed by atoms with Gasteiger partial charge < -0.3 is 0 Å². The van der Waals surface area contributed by atoms with Gasteiger partial charge in [0.05, 0.1) is 11.3 Å². The molecule has 1 aliphatic rings. The second-order valence-electron chi connectivity index (χ2n) is 5.05. The van der Waals surface area contributed by atoms with Crippen molar-refractivity contribution in [1.82, 2.24) is 9.78 Å². The lowest BCUT2D eigenvalue weighted by Crippen LogP contribution is -2.01. The third-order valence-electron chi connectivity index (χ3n) is 3.83. The first-order chi connectivity index (χ1) is 9.72. The van der Waals surface area contributed by atoms with Crippen LogP contribution in [0.25, 0.3) is 5.69 Å². The van der Waals surface area contributed by atoms with Crippen LogP contribution in [-0.4, -0.2) is 16.1 Å². The molecule has 3 nitrogen and oxygen atoms in total. The van der Waals surface area contributed by atoms with Gasteiger partial charge in [-0.3, -0.25) is 4.79 Å². The summed E-state index contributed by atoms with van der Waals surface area (Å²) in [6.45, 7) is 0. The van der Waals surface area contributed by atoms with E-state index >= 15 is 0 Å². The summed E-state index contributed by atoms with van der Waals surface area (Å²) in [6, 6.07) is 6.27. The van der Waals surface area contributed by atoms with E-state index < -0.39 is 5.82 Å². The fraction of sp³-hybridized carbons (Fsp3) is 0.333. The molecule has 1 aromatic heterocycles. The predicted molar refractivity (Wildman–Crippen MR) is 75.1 cm³/mol. The van der Waals surface area contributed by atoms with Crippen LogP contribution >= 0.6 is 11.6 Å². The van der Waals surface area contributed by atoms with Crippen molar-refractivity contribution in [3.8, 4) is 5.69 Å². The number of carbonyl (C=O) groups excluding carboxylic acids is 1. The zero-order chi connectivity index (χ0) is 14.1. The van der Waals surface area contributed by atoms with Crippen molar-refractivity contribution in [1.29, 1.82) is 0 Å². The van der Waals surface area contributed by atoms with Crippen molar-refractivity contribution in [3.05, 3.63) is 46.5 Å². The topological polar surface area (TPSA) is 34.9 Å². The van der Waals surface area contributed by atoms with E-state index in [-0.39, 0.29) is 16.8 Å². The van der Waals surface area contributed by atoms with E-state index in [1.165, 1.54) is 10.7 Å². The van der Waals surface area contributed by atoms with Gasteiger partial charge in [0, 0.05) is 5.92 Å². The monoisotopic (exact) mass is 292 g/mol. The highest BCUT2D eigenvalue weighted by atomic mass is 35.5. The SMILES string of the molecule is O=Cc1c(C2CCCC2)nn(-c2ccccc2F)c1Cl. The average Bonchev–Trinajstić information content (AvgIpc) is 3.07. The number of hydrogen-bond acceptors (Lipinski definition) is 2. The third-order valence-corrected chi connectivity index (χ3v) is 4.20. The number of aldehydes is 1. The molecule has 3 rings (SSSR count). The van der Waals surface area contributed by atoms with E-state index in [0.29, 0.717) is 11.3 Å². The number of hydrogen-bond donors (Lipinski definition) is 0. The quantitative estimate of drug-likeness (QED) is 0.797. The zero-order valence-electron chi connectivity index (χ0n) is 10.9. The zero-order valence-corrected chi connectivity index (χ0v) is 11.6. The Morgan fingerprint density at radius 2 is 2.00 bits per heavy atom. The van der Waals surface area contributed by atoms with Crippen molar-refractivity contribution >= 4 is 17.9 Å². The standard InChI is InChI=1S/C15H14ClFN2O/c16-15-11(9-20)14(10-5-1-2-6-10)18-19(15)13-8-4-3-7-12(13)17/h3-4,7-10H,1-2,5-6H2. The molecule has 0 radical (unpaired) electrons. The van der Waals surface area contributed by atoms with Gasteiger partial charge in [0.15, 0.2) is 6.29 Å². The molecule has 0 aliphatic heterocycles. The molecule has 1 heterocycles. The summed E-state index contributed by atoms with van der Waals surface area (Å²) in [5, 5.41) is 4.59. The van der Waals surface area contributed by atoms with Crippen molar-refractivity contribution in [2.45, 2.75) is 31.6 Å². The summed E-state index contributed by atoms with van der Waals surface area (Å²) >= 11 is 6.22. The van der Waals surface area contributed by atoms with E-state index in [1.54, 1.807) is 18.2 Å². The van der Waals surface area contributed by atoms with E-state index in [2.05, 4.69) is 5.10 Å². The summed E-state index contributed by atoms with van der Waals surface area (Å²) < 4.78 is 15.2. The summed E-state index contributed by atoms with van der Waals surface area (Å²) in [5.41, 5.74) is 1.36. The minimum absolute atomic E-state index is 0.187. The van der Waals surface area contributed by atoms with E-state index in [1.807, 2.05) is 0 Å². The normalized spacial score (nSPS) is 15.7. The largest absolute Gasteiger partial charge is 0.298 e. The van der Waals surface area contributed by atoms with Gasteiger partial charge in [-0.15, -0.1) is 0 Å². The number of carbonyl (C=O) groups is 1. The van der Waals surface area contributed by atoms with Crippen molar-refractivity contribution in [3.63, 3.8) is 0 Å². The smallest absolute Gasteiger partial charge is 0.155 e. The first-order valence-corrected chi connectivity index (χ1v) is 7.08. The molecule has 0 N–H and O–H groups in total. The van der Waals surface area contributed by atoms with Crippen molar-refractivity contribution in [2.24, 2.45) is 0 Å². The molecule has 104 valence electrons. The maximum absolute atomic E-state index is 13.9. The van der Waals surface area contributed by atoms with E-state index in [9.17, 15) is 9.18 Å². The van der Waals surface area contributed by atoms with Crippen LogP contribution in [0.3, 0.4) is 0 Å². The molecule has 20 heavy (non-hydrogen) atoms. The molecule has 0 spiro atoms. The molecule has 0 bridgehead atoms. The summed E-state index contributed by atoms with van der Waals surface area (Å²) in [7, 11) is 0. The molecule has 0 saturated heterocycles. The van der Waals surface area contributed by atoms with Crippen LogP contribution in [0, 0.1) is 5.82 Å². The maximum Gasteiger partial charge on any atom is 0.155 e. The molecule has 5 heteroatoms. The van der Waals surface area contributed by atoms with Gasteiger partial charge in [0.2, 0.25) is 0 Å². The number of rotatable bonds is 3. The first-order valence-electron chi connectivity index (χ1n) is 6.71. The first kappa shape index (κ1) is 13.3. The maximum atomic E-state index is 13.9. The molecule has 0 atom stereocenters. The third kappa shape index (κ3) is 2.14. The molecule has 0 amide bonds. The van der Waals surface area contributed by atoms with Crippen LogP contribution in [0.1, 0.15) is 47.7 Å². The van der Waals surface area contributed by atoms with Crippen molar-refractivity contribution < 1.29 is 9.18 Å². The lowest BCUT2D eigenvalue weighted by atomic mass is 10.0. The Balaban J connectivity index is 2.13. The van der Waals surface area contributed by atoms with E-state index in [4.69, 9.17) is 11.6 Å². The Hall–Kier alpha value is -1.68. The lowest BCUT2D eigenvalue weighted by Gasteiger charge is -2.05. The average molecular weight is 293 g/mol. The lowest BCUT2D eigenvalue weighted by molar-refractivity contribution is 0.112. The van der Waals surface area contributed by atoms with Crippen LogP contribution in [0.15, 0.2) is 24.3 Å². The summed E-state index contributed by atoms with van der Waals surface area (Å²) in [5.74, 6) is -0.159. The highest BCUT2D eigenvalue weighted by Gasteiger charge is 2.27. The minimum atomic E-state index is -0.410. The van der Waals surface area contributed by atoms with E-state index in [0.717, 1.165) is 32.0 Å². The Kier molecular flexibility index (Phi) is 3.57. The van der Waals surface area contributed by atoms with Crippen LogP contribution in [0.2, 0.25) is 5.15 Å². The van der Waals surface area contributed by atoms with Gasteiger partial charge in [0.1, 0.15) is 16.7 Å². The second-order valence-corrected chi connectivity index (χ2v) is 5.41.